The van der Waals surface area contributed by atoms with Crippen LogP contribution in [-0.4, -0.2) is 35.3 Å². The first-order valence-corrected chi connectivity index (χ1v) is 11.4. The van der Waals surface area contributed by atoms with Crippen LogP contribution in [0.1, 0.15) is 40.9 Å². The molecule has 10 heteroatoms. The predicted octanol–water partition coefficient (Wildman–Crippen LogP) is 2.14. The van der Waals surface area contributed by atoms with Crippen LogP contribution >= 0.6 is 0 Å². The highest BCUT2D eigenvalue weighted by Gasteiger charge is 2.28. The Balaban J connectivity index is 1.61. The number of rotatable bonds is 8. The molecule has 1 amide bonds. The molecule has 0 radical (unpaired) electrons. The number of carbonyl (C=O) groups excluding carboxylic acids is 1. The summed E-state index contributed by atoms with van der Waals surface area (Å²) >= 11 is 0. The summed E-state index contributed by atoms with van der Waals surface area (Å²) < 4.78 is 34.4. The zero-order valence-electron chi connectivity index (χ0n) is 18.3. The lowest BCUT2D eigenvalue weighted by Crippen LogP contribution is -2.44. The van der Waals surface area contributed by atoms with Crippen LogP contribution in [0.5, 0.6) is 0 Å². The molecule has 31 heavy (non-hydrogen) atoms. The predicted molar refractivity (Wildman–Crippen MR) is 115 cm³/mol. The molecule has 0 saturated heterocycles. The number of hydrogen-bond donors (Lipinski definition) is 2. The van der Waals surface area contributed by atoms with Crippen LogP contribution < -0.4 is 10.0 Å². The van der Waals surface area contributed by atoms with Crippen molar-refractivity contribution in [1.82, 2.24) is 25.0 Å². The van der Waals surface area contributed by atoms with Crippen molar-refractivity contribution < 1.29 is 17.7 Å². The average Bonchev–Trinajstić information content (AvgIpc) is 3.20. The first-order valence-electron chi connectivity index (χ1n) is 9.88. The van der Waals surface area contributed by atoms with Crippen LogP contribution in [0.2, 0.25) is 0 Å². The third-order valence-electron chi connectivity index (χ3n) is 4.86. The van der Waals surface area contributed by atoms with Gasteiger partial charge in [0.15, 0.2) is 5.76 Å². The summed E-state index contributed by atoms with van der Waals surface area (Å²) in [5, 5.41) is 10.9. The van der Waals surface area contributed by atoms with E-state index in [1.165, 1.54) is 20.8 Å². The van der Waals surface area contributed by atoms with Crippen molar-refractivity contribution in [2.45, 2.75) is 58.6 Å². The Labute approximate surface area is 181 Å². The lowest BCUT2D eigenvalue weighted by Gasteiger charge is -2.15. The van der Waals surface area contributed by atoms with Crippen LogP contribution in [0.3, 0.4) is 0 Å². The van der Waals surface area contributed by atoms with E-state index < -0.39 is 22.0 Å². The Kier molecular flexibility index (Phi) is 6.61. The quantitative estimate of drug-likeness (QED) is 0.548. The van der Waals surface area contributed by atoms with Gasteiger partial charge in [-0.05, 0) is 51.8 Å². The molecule has 0 spiro atoms. The Morgan fingerprint density at radius 2 is 1.87 bits per heavy atom. The normalized spacial score (nSPS) is 12.7. The maximum Gasteiger partial charge on any atom is 0.246 e. The summed E-state index contributed by atoms with van der Waals surface area (Å²) in [5.41, 5.74) is 4.26. The van der Waals surface area contributed by atoms with E-state index in [1.807, 2.05) is 48.9 Å². The van der Waals surface area contributed by atoms with Gasteiger partial charge in [0, 0.05) is 12.2 Å². The van der Waals surface area contributed by atoms with E-state index in [-0.39, 0.29) is 22.9 Å². The van der Waals surface area contributed by atoms with E-state index in [9.17, 15) is 13.2 Å². The smallest absolute Gasteiger partial charge is 0.246 e. The van der Waals surface area contributed by atoms with E-state index in [2.05, 4.69) is 20.3 Å². The van der Waals surface area contributed by atoms with Gasteiger partial charge >= 0.3 is 0 Å². The molecule has 0 unspecified atom stereocenters. The Hall–Kier alpha value is -2.98. The fraction of sp³-hybridized carbons (Fsp3) is 0.381. The molecule has 3 rings (SSSR count). The Bertz CT molecular complexity index is 1180. The number of nitrogens with one attached hydrogen (secondary N) is 2. The molecule has 0 saturated carbocycles. The molecule has 0 aliphatic heterocycles. The van der Waals surface area contributed by atoms with Gasteiger partial charge in [-0.15, -0.1) is 0 Å². The second kappa shape index (κ2) is 9.03. The average molecular weight is 446 g/mol. The summed E-state index contributed by atoms with van der Waals surface area (Å²) in [6.45, 7) is 9.42. The third kappa shape index (κ3) is 5.39. The van der Waals surface area contributed by atoms with Gasteiger partial charge in [-0.2, -0.15) is 9.82 Å². The molecule has 0 aliphatic carbocycles. The number of carbonyl (C=O) groups is 1. The fourth-order valence-corrected chi connectivity index (χ4v) is 4.92. The molecule has 0 bridgehead atoms. The van der Waals surface area contributed by atoms with Gasteiger partial charge in [-0.25, -0.2) is 8.42 Å². The largest absolute Gasteiger partial charge is 0.360 e. The number of nitrogens with zero attached hydrogens (tertiary/aromatic N) is 3. The molecule has 2 N–H and O–H groups in total. The standard InChI is InChI=1S/C21H27N5O4S/c1-13-9-14(2)26(23-13)12-19-8-6-7-18(10-19)11-22-21(27)16(4)25-31(28,29)20-15(3)24-30-17(20)5/h6-10,16,25H,11-12H2,1-5H3,(H,22,27)/t16-/m0/s1. The summed E-state index contributed by atoms with van der Waals surface area (Å²) in [6, 6.07) is 8.89. The van der Waals surface area contributed by atoms with E-state index in [1.54, 1.807) is 0 Å². The van der Waals surface area contributed by atoms with Crippen molar-refractivity contribution in [3.8, 4) is 0 Å². The van der Waals surface area contributed by atoms with Crippen molar-refractivity contribution >= 4 is 15.9 Å². The number of aryl methyl sites for hydroxylation is 4. The van der Waals surface area contributed by atoms with Crippen molar-refractivity contribution in [3.05, 3.63) is 64.3 Å². The molecule has 3 aromatic rings. The van der Waals surface area contributed by atoms with Crippen LogP contribution in [0.25, 0.3) is 0 Å². The maximum absolute atomic E-state index is 12.6. The van der Waals surface area contributed by atoms with Gasteiger partial charge in [0.2, 0.25) is 15.9 Å². The SMILES string of the molecule is Cc1cc(C)n(Cc2cccc(CNC(=O)[C@H](C)NS(=O)(=O)c3c(C)noc3C)c2)n1. The van der Waals surface area contributed by atoms with Crippen molar-refractivity contribution in [2.24, 2.45) is 0 Å². The van der Waals surface area contributed by atoms with Gasteiger partial charge in [-0.3, -0.25) is 9.48 Å². The highest BCUT2D eigenvalue weighted by molar-refractivity contribution is 7.89. The molecule has 1 aromatic carbocycles. The van der Waals surface area contributed by atoms with Gasteiger partial charge in [-0.1, -0.05) is 29.4 Å². The van der Waals surface area contributed by atoms with Gasteiger partial charge in [0.25, 0.3) is 0 Å². The van der Waals surface area contributed by atoms with Crippen LogP contribution in [0.4, 0.5) is 0 Å². The summed E-state index contributed by atoms with van der Waals surface area (Å²) in [5.74, 6) is -0.253. The lowest BCUT2D eigenvalue weighted by atomic mass is 10.1. The molecular formula is C21H27N5O4S. The van der Waals surface area contributed by atoms with Crippen molar-refractivity contribution in [2.75, 3.05) is 0 Å². The fourth-order valence-electron chi connectivity index (χ4n) is 3.39. The van der Waals surface area contributed by atoms with Crippen molar-refractivity contribution in [1.29, 1.82) is 0 Å². The van der Waals surface area contributed by atoms with E-state index >= 15 is 0 Å². The van der Waals surface area contributed by atoms with E-state index in [0.717, 1.165) is 22.5 Å². The molecule has 2 heterocycles. The second-order valence-corrected chi connectivity index (χ2v) is 9.27. The zero-order chi connectivity index (χ0) is 22.8. The van der Waals surface area contributed by atoms with Gasteiger partial charge in [0.1, 0.15) is 10.6 Å². The molecular weight excluding hydrogens is 418 g/mol. The van der Waals surface area contributed by atoms with Crippen LogP contribution in [0, 0.1) is 27.7 Å². The molecule has 2 aromatic heterocycles. The number of amides is 1. The highest BCUT2D eigenvalue weighted by atomic mass is 32.2. The third-order valence-corrected chi connectivity index (χ3v) is 6.64. The summed E-state index contributed by atoms with van der Waals surface area (Å²) in [6.07, 6.45) is 0. The van der Waals surface area contributed by atoms with Crippen LogP contribution in [0.15, 0.2) is 39.8 Å². The van der Waals surface area contributed by atoms with E-state index in [4.69, 9.17) is 4.52 Å². The number of hydrogen-bond acceptors (Lipinski definition) is 6. The molecule has 9 nitrogen and oxygen atoms in total. The first-order chi connectivity index (χ1) is 14.6. The minimum absolute atomic E-state index is 0.0380. The first kappa shape index (κ1) is 22.7. The minimum Gasteiger partial charge on any atom is -0.360 e. The number of sulfonamides is 1. The second-order valence-electron chi connectivity index (χ2n) is 7.62. The molecule has 0 aliphatic rings. The topological polar surface area (TPSA) is 119 Å². The summed E-state index contributed by atoms with van der Waals surface area (Å²) in [7, 11) is -3.93. The van der Waals surface area contributed by atoms with Crippen LogP contribution in [-0.2, 0) is 27.9 Å². The van der Waals surface area contributed by atoms with Gasteiger partial charge in [0.05, 0.1) is 18.3 Å². The highest BCUT2D eigenvalue weighted by Crippen LogP contribution is 2.19. The molecule has 166 valence electrons. The summed E-state index contributed by atoms with van der Waals surface area (Å²) in [4.78, 5) is 12.4. The monoisotopic (exact) mass is 445 g/mol. The number of benzene rings is 1. The van der Waals surface area contributed by atoms with Gasteiger partial charge < -0.3 is 9.84 Å². The number of aromatic nitrogens is 3. The Morgan fingerprint density at radius 3 is 2.48 bits per heavy atom. The lowest BCUT2D eigenvalue weighted by molar-refractivity contribution is -0.122. The molecule has 1 atom stereocenters. The molecule has 0 fully saturated rings. The van der Waals surface area contributed by atoms with E-state index in [0.29, 0.717) is 6.54 Å². The zero-order valence-corrected chi connectivity index (χ0v) is 19.1. The van der Waals surface area contributed by atoms with Crippen molar-refractivity contribution in [3.63, 3.8) is 0 Å². The Morgan fingerprint density at radius 1 is 1.16 bits per heavy atom. The maximum atomic E-state index is 12.6. The minimum atomic E-state index is -3.93.